The number of amides is 1. The van der Waals surface area contributed by atoms with Crippen LogP contribution < -0.4 is 10.0 Å². The maximum atomic E-state index is 14.0. The summed E-state index contributed by atoms with van der Waals surface area (Å²) in [5, 5.41) is 17.4. The van der Waals surface area contributed by atoms with Crippen LogP contribution in [0.15, 0.2) is 65.6 Å². The Balaban J connectivity index is 1.15. The van der Waals surface area contributed by atoms with Gasteiger partial charge in [-0.3, -0.25) is 14.9 Å². The highest BCUT2D eigenvalue weighted by atomic mass is 32.2. The Labute approximate surface area is 252 Å². The molecule has 0 spiro atoms. The Kier molecular flexibility index (Phi) is 6.99. The van der Waals surface area contributed by atoms with Crippen LogP contribution in [-0.4, -0.2) is 25.8 Å². The quantitative estimate of drug-likeness (QED) is 0.210. The number of nitrogens with one attached hydrogen (secondary N) is 2. The molecule has 5 saturated carbocycles. The molecule has 5 aliphatic rings. The maximum Gasteiger partial charge on any atom is 0.293 e. The molecule has 4 bridgehead atoms. The molecule has 5 fully saturated rings. The molecule has 0 atom stereocenters. The number of rotatable bonds is 8. The highest BCUT2D eigenvalue weighted by Gasteiger charge is 2.51. The molecule has 0 unspecified atom stereocenters. The van der Waals surface area contributed by atoms with Gasteiger partial charge in [-0.25, -0.2) is 13.1 Å². The van der Waals surface area contributed by atoms with Gasteiger partial charge in [0.2, 0.25) is 5.91 Å². The monoisotopic (exact) mass is 601 g/mol. The Bertz CT molecular complexity index is 1650. The van der Waals surface area contributed by atoms with E-state index < -0.39 is 26.3 Å². The van der Waals surface area contributed by atoms with E-state index in [1.807, 2.05) is 42.5 Å². The van der Waals surface area contributed by atoms with Crippen molar-refractivity contribution >= 4 is 38.1 Å². The van der Waals surface area contributed by atoms with Crippen molar-refractivity contribution in [2.45, 2.75) is 80.9 Å². The lowest BCUT2D eigenvalue weighted by molar-refractivity contribution is -0.384. The zero-order chi connectivity index (χ0) is 29.8. The summed E-state index contributed by atoms with van der Waals surface area (Å²) in [6.07, 6.45) is 11.1. The third-order valence-corrected chi connectivity index (χ3v) is 12.3. The molecule has 3 aromatic carbocycles. The van der Waals surface area contributed by atoms with Gasteiger partial charge in [-0.05, 0) is 103 Å². The van der Waals surface area contributed by atoms with E-state index in [9.17, 15) is 23.3 Å². The van der Waals surface area contributed by atoms with Crippen molar-refractivity contribution in [2.24, 2.45) is 23.2 Å². The molecule has 0 radical (unpaired) electrons. The van der Waals surface area contributed by atoms with Gasteiger partial charge in [-0.2, -0.15) is 0 Å². The summed E-state index contributed by atoms with van der Waals surface area (Å²) in [6.45, 7) is 0.660. The zero-order valence-corrected chi connectivity index (χ0v) is 25.2. The molecule has 1 amide bonds. The van der Waals surface area contributed by atoms with E-state index in [-0.39, 0.29) is 16.0 Å². The maximum absolute atomic E-state index is 14.0. The van der Waals surface area contributed by atoms with E-state index >= 15 is 0 Å². The Morgan fingerprint density at radius 3 is 2.21 bits per heavy atom. The van der Waals surface area contributed by atoms with Gasteiger partial charge < -0.3 is 5.32 Å². The molecule has 0 saturated heterocycles. The van der Waals surface area contributed by atoms with Crippen LogP contribution in [0.4, 0.5) is 11.4 Å². The predicted octanol–water partition coefficient (Wildman–Crippen LogP) is 7.08. The molecule has 8 nitrogen and oxygen atoms in total. The van der Waals surface area contributed by atoms with Gasteiger partial charge >= 0.3 is 0 Å². The molecule has 43 heavy (non-hydrogen) atoms. The van der Waals surface area contributed by atoms with E-state index in [4.69, 9.17) is 0 Å². The highest BCUT2D eigenvalue weighted by molar-refractivity contribution is 7.90. The minimum Gasteiger partial charge on any atom is -0.379 e. The van der Waals surface area contributed by atoms with Crippen molar-refractivity contribution in [1.82, 2.24) is 4.72 Å². The highest BCUT2D eigenvalue weighted by Crippen LogP contribution is 2.60. The normalized spacial score (nSPS) is 27.6. The molecule has 5 aliphatic carbocycles. The molecule has 226 valence electrons. The lowest BCUT2D eigenvalue weighted by atomic mass is 9.49. The van der Waals surface area contributed by atoms with Crippen LogP contribution in [0.5, 0.6) is 0 Å². The molecule has 0 aliphatic heterocycles. The number of hydrogen-bond acceptors (Lipinski definition) is 6. The second-order valence-corrected chi connectivity index (χ2v) is 15.5. The second-order valence-electron chi connectivity index (χ2n) is 13.8. The van der Waals surface area contributed by atoms with Crippen LogP contribution in [0.3, 0.4) is 0 Å². The topological polar surface area (TPSA) is 118 Å². The largest absolute Gasteiger partial charge is 0.379 e. The number of carbonyl (C=O) groups excluding carboxylic acids is 1. The Morgan fingerprint density at radius 2 is 1.53 bits per heavy atom. The average Bonchev–Trinajstić information content (AvgIpc) is 2.99. The summed E-state index contributed by atoms with van der Waals surface area (Å²) in [6, 6.07) is 17.6. The average molecular weight is 602 g/mol. The van der Waals surface area contributed by atoms with Crippen molar-refractivity contribution in [3.05, 3.63) is 76.3 Å². The number of carbonyl (C=O) groups is 1. The minimum absolute atomic E-state index is 0.164. The van der Waals surface area contributed by atoms with Gasteiger partial charge in [0.25, 0.3) is 15.7 Å². The third kappa shape index (κ3) is 5.09. The first-order valence-electron chi connectivity index (χ1n) is 15.7. The van der Waals surface area contributed by atoms with Crippen molar-refractivity contribution in [1.29, 1.82) is 0 Å². The van der Waals surface area contributed by atoms with Crippen molar-refractivity contribution in [3.63, 3.8) is 0 Å². The fraction of sp³-hybridized carbons (Fsp3) is 0.500. The molecular formula is C34H39N3O5S. The first-order valence-corrected chi connectivity index (χ1v) is 17.2. The number of benzene rings is 3. The number of hydrogen-bond donors (Lipinski definition) is 2. The molecule has 9 heteroatoms. The standard InChI is InChI=1S/C34H39N3O5S/c38-32(34(13-4-1-5-14-34)29-10-6-8-26-7-2-3-9-28(26)29)36-43(41,42)27-11-12-30(31(18-27)37(39)40)35-22-33-19-23-15-24(20-33)17-25(16-23)21-33/h2-3,6-12,18,23-25,35H,1,4-5,13-17,19-22H2,(H,36,38). The third-order valence-electron chi connectivity index (χ3n) is 11.0. The number of anilines is 1. The minimum atomic E-state index is -4.36. The summed E-state index contributed by atoms with van der Waals surface area (Å²) >= 11 is 0. The summed E-state index contributed by atoms with van der Waals surface area (Å²) in [5.74, 6) is 1.72. The number of nitrogens with zero attached hydrogens (tertiary/aromatic N) is 1. The number of nitro benzene ring substituents is 1. The van der Waals surface area contributed by atoms with E-state index in [2.05, 4.69) is 10.0 Å². The van der Waals surface area contributed by atoms with Gasteiger partial charge in [0.15, 0.2) is 0 Å². The number of nitro groups is 1. The van der Waals surface area contributed by atoms with Gasteiger partial charge in [-0.15, -0.1) is 0 Å². The molecule has 0 heterocycles. The lowest BCUT2D eigenvalue weighted by Gasteiger charge is -2.57. The smallest absolute Gasteiger partial charge is 0.293 e. The van der Waals surface area contributed by atoms with Gasteiger partial charge in [0.1, 0.15) is 5.69 Å². The van der Waals surface area contributed by atoms with Crippen LogP contribution in [0, 0.1) is 33.3 Å². The van der Waals surface area contributed by atoms with Crippen LogP contribution in [0.1, 0.15) is 76.2 Å². The summed E-state index contributed by atoms with van der Waals surface area (Å²) in [4.78, 5) is 25.3. The molecule has 0 aromatic heterocycles. The van der Waals surface area contributed by atoms with Crippen LogP contribution >= 0.6 is 0 Å². The summed E-state index contributed by atoms with van der Waals surface area (Å²) in [5.41, 5.74) is 0.0228. The van der Waals surface area contributed by atoms with Gasteiger partial charge in [-0.1, -0.05) is 61.7 Å². The molecule has 3 aromatic rings. The van der Waals surface area contributed by atoms with E-state index in [0.717, 1.165) is 78.7 Å². The molecular weight excluding hydrogens is 562 g/mol. The zero-order valence-electron chi connectivity index (χ0n) is 24.4. The predicted molar refractivity (Wildman–Crippen MR) is 166 cm³/mol. The van der Waals surface area contributed by atoms with Crippen molar-refractivity contribution < 1.29 is 18.1 Å². The van der Waals surface area contributed by atoms with E-state index in [1.165, 1.54) is 31.4 Å². The second kappa shape index (κ2) is 10.6. The number of sulfonamides is 1. The molecule has 2 N–H and O–H groups in total. The van der Waals surface area contributed by atoms with Crippen molar-refractivity contribution in [2.75, 3.05) is 11.9 Å². The molecule has 8 rings (SSSR count). The van der Waals surface area contributed by atoms with Crippen LogP contribution in [0.25, 0.3) is 10.8 Å². The SMILES string of the molecule is O=C(NS(=O)(=O)c1ccc(NCC23CC4CC(CC(C4)C2)C3)c([N+](=O)[O-])c1)C1(c2cccc3ccccc23)CCCCC1. The number of fused-ring (bicyclic) bond motifs is 1. The van der Waals surface area contributed by atoms with E-state index in [0.29, 0.717) is 25.1 Å². The van der Waals surface area contributed by atoms with Crippen LogP contribution in [-0.2, 0) is 20.2 Å². The van der Waals surface area contributed by atoms with Gasteiger partial charge in [0, 0.05) is 12.6 Å². The van der Waals surface area contributed by atoms with Gasteiger partial charge in [0.05, 0.1) is 15.2 Å². The fourth-order valence-corrected chi connectivity index (χ4v) is 10.5. The first kappa shape index (κ1) is 28.3. The lowest BCUT2D eigenvalue weighted by Crippen LogP contribution is -2.49. The summed E-state index contributed by atoms with van der Waals surface area (Å²) < 4.78 is 29.6. The first-order chi connectivity index (χ1) is 20.7. The Hall–Kier alpha value is -3.46. The Morgan fingerprint density at radius 1 is 0.884 bits per heavy atom. The van der Waals surface area contributed by atoms with E-state index in [1.54, 1.807) is 0 Å². The van der Waals surface area contributed by atoms with Crippen LogP contribution in [0.2, 0.25) is 0 Å². The van der Waals surface area contributed by atoms with Crippen molar-refractivity contribution in [3.8, 4) is 0 Å². The summed E-state index contributed by atoms with van der Waals surface area (Å²) in [7, 11) is -4.36. The fourth-order valence-electron chi connectivity index (χ4n) is 9.46.